The van der Waals surface area contributed by atoms with E-state index in [0.717, 1.165) is 32.6 Å². The lowest BCUT2D eigenvalue weighted by Crippen LogP contribution is -2.54. The van der Waals surface area contributed by atoms with Gasteiger partial charge in [-0.3, -0.25) is 9.69 Å². The van der Waals surface area contributed by atoms with Crippen LogP contribution in [0, 0.1) is 5.92 Å². The second-order valence-electron chi connectivity index (χ2n) is 7.21. The van der Waals surface area contributed by atoms with Gasteiger partial charge in [0.05, 0.1) is 6.20 Å². The highest BCUT2D eigenvalue weighted by atomic mass is 16.2. The number of piperidine rings is 2. The van der Waals surface area contributed by atoms with Gasteiger partial charge in [0.15, 0.2) is 0 Å². The summed E-state index contributed by atoms with van der Waals surface area (Å²) in [6.45, 7) is 3.84. The molecule has 25 heavy (non-hydrogen) atoms. The van der Waals surface area contributed by atoms with Crippen molar-refractivity contribution in [3.8, 4) is 0 Å². The molecule has 2 saturated heterocycles. The highest BCUT2D eigenvalue weighted by Crippen LogP contribution is 2.32. The fourth-order valence-electron chi connectivity index (χ4n) is 4.35. The standard InChI is InChI=1S/C19H25N5O/c1-22-18(12-20-21-22)19(25)24-11-9-17-16(14-24)8-5-10-23(17)13-15-6-3-2-4-7-15/h2-4,6-7,12,16-17H,5,8-11,13-14H2,1H3/t16-,17-/m1/s1. The van der Waals surface area contributed by atoms with E-state index in [4.69, 9.17) is 0 Å². The molecule has 0 radical (unpaired) electrons. The number of carbonyl (C=O) groups excluding carboxylic acids is 1. The number of amides is 1. The van der Waals surface area contributed by atoms with Crippen LogP contribution in [-0.4, -0.2) is 56.4 Å². The Morgan fingerprint density at radius 2 is 2.04 bits per heavy atom. The van der Waals surface area contributed by atoms with E-state index in [1.807, 2.05) is 4.90 Å². The van der Waals surface area contributed by atoms with Crippen LogP contribution in [0.25, 0.3) is 0 Å². The molecule has 0 spiro atoms. The summed E-state index contributed by atoms with van der Waals surface area (Å²) in [5, 5.41) is 7.72. The van der Waals surface area contributed by atoms with E-state index in [1.165, 1.54) is 18.4 Å². The Balaban J connectivity index is 1.43. The maximum atomic E-state index is 12.7. The summed E-state index contributed by atoms with van der Waals surface area (Å²) < 4.78 is 1.57. The van der Waals surface area contributed by atoms with Gasteiger partial charge < -0.3 is 4.90 Å². The van der Waals surface area contributed by atoms with Crippen molar-refractivity contribution in [1.29, 1.82) is 0 Å². The van der Waals surface area contributed by atoms with Crippen LogP contribution in [0.1, 0.15) is 35.3 Å². The summed E-state index contributed by atoms with van der Waals surface area (Å²) in [4.78, 5) is 17.4. The first-order valence-corrected chi connectivity index (χ1v) is 9.14. The lowest BCUT2D eigenvalue weighted by Gasteiger charge is -2.47. The van der Waals surface area contributed by atoms with Gasteiger partial charge in [0.25, 0.3) is 5.91 Å². The SMILES string of the molecule is Cn1nncc1C(=O)N1CC[C@@H]2[C@H](CCCN2Cc2ccccc2)C1. The maximum absolute atomic E-state index is 12.7. The molecular weight excluding hydrogens is 314 g/mol. The van der Waals surface area contributed by atoms with Crippen molar-refractivity contribution in [2.45, 2.75) is 31.8 Å². The Kier molecular flexibility index (Phi) is 4.53. The second-order valence-corrected chi connectivity index (χ2v) is 7.21. The average Bonchev–Trinajstić information content (AvgIpc) is 3.08. The van der Waals surface area contributed by atoms with E-state index in [2.05, 4.69) is 45.5 Å². The predicted molar refractivity (Wildman–Crippen MR) is 94.9 cm³/mol. The first-order chi connectivity index (χ1) is 12.2. The smallest absolute Gasteiger partial charge is 0.273 e. The van der Waals surface area contributed by atoms with Crippen molar-refractivity contribution < 1.29 is 4.79 Å². The third kappa shape index (κ3) is 3.31. The molecule has 132 valence electrons. The van der Waals surface area contributed by atoms with Crippen LogP contribution in [0.15, 0.2) is 36.5 Å². The van der Waals surface area contributed by atoms with Gasteiger partial charge in [-0.25, -0.2) is 4.68 Å². The molecule has 2 aliphatic heterocycles. The minimum absolute atomic E-state index is 0.0612. The Morgan fingerprint density at radius 1 is 1.20 bits per heavy atom. The minimum Gasteiger partial charge on any atom is -0.337 e. The molecule has 1 amide bonds. The van der Waals surface area contributed by atoms with Crippen molar-refractivity contribution in [3.63, 3.8) is 0 Å². The first kappa shape index (κ1) is 16.3. The molecule has 2 fully saturated rings. The van der Waals surface area contributed by atoms with Gasteiger partial charge in [-0.15, -0.1) is 5.10 Å². The minimum atomic E-state index is 0.0612. The number of fused-ring (bicyclic) bond motifs is 1. The zero-order valence-corrected chi connectivity index (χ0v) is 14.7. The van der Waals surface area contributed by atoms with Crippen LogP contribution in [0.3, 0.4) is 0 Å². The van der Waals surface area contributed by atoms with Gasteiger partial charge in [0.2, 0.25) is 0 Å². The van der Waals surface area contributed by atoms with Crippen LogP contribution in [0.4, 0.5) is 0 Å². The van der Waals surface area contributed by atoms with Crippen molar-refractivity contribution in [1.82, 2.24) is 24.8 Å². The number of benzene rings is 1. The van der Waals surface area contributed by atoms with Crippen molar-refractivity contribution >= 4 is 5.91 Å². The molecule has 1 aromatic carbocycles. The quantitative estimate of drug-likeness (QED) is 0.858. The lowest BCUT2D eigenvalue weighted by atomic mass is 9.83. The predicted octanol–water partition coefficient (Wildman–Crippen LogP) is 1.94. The fraction of sp³-hybridized carbons (Fsp3) is 0.526. The van der Waals surface area contributed by atoms with Gasteiger partial charge in [-0.05, 0) is 37.3 Å². The molecular formula is C19H25N5O. The van der Waals surface area contributed by atoms with E-state index in [1.54, 1.807) is 17.9 Å². The molecule has 6 nitrogen and oxygen atoms in total. The summed E-state index contributed by atoms with van der Waals surface area (Å²) in [5.41, 5.74) is 1.96. The highest BCUT2D eigenvalue weighted by molar-refractivity contribution is 5.92. The zero-order valence-electron chi connectivity index (χ0n) is 14.7. The third-order valence-corrected chi connectivity index (χ3v) is 5.63. The van der Waals surface area contributed by atoms with Crippen molar-refractivity contribution in [2.24, 2.45) is 13.0 Å². The molecule has 0 saturated carbocycles. The van der Waals surface area contributed by atoms with E-state index in [9.17, 15) is 4.79 Å². The number of likely N-dealkylation sites (tertiary alicyclic amines) is 2. The van der Waals surface area contributed by atoms with Gasteiger partial charge >= 0.3 is 0 Å². The molecule has 0 N–H and O–H groups in total. The Hall–Kier alpha value is -2.21. The van der Waals surface area contributed by atoms with Crippen LogP contribution in [-0.2, 0) is 13.6 Å². The molecule has 2 aliphatic rings. The number of rotatable bonds is 3. The van der Waals surface area contributed by atoms with Crippen LogP contribution in [0.2, 0.25) is 0 Å². The normalized spacial score (nSPS) is 24.1. The van der Waals surface area contributed by atoms with E-state index in [-0.39, 0.29) is 5.91 Å². The highest BCUT2D eigenvalue weighted by Gasteiger charge is 2.37. The summed E-state index contributed by atoms with van der Waals surface area (Å²) in [6, 6.07) is 11.3. The molecule has 3 heterocycles. The summed E-state index contributed by atoms with van der Waals surface area (Å²) >= 11 is 0. The van der Waals surface area contributed by atoms with Crippen molar-refractivity contribution in [3.05, 3.63) is 47.8 Å². The molecule has 0 bridgehead atoms. The van der Waals surface area contributed by atoms with E-state index >= 15 is 0 Å². The van der Waals surface area contributed by atoms with Gasteiger partial charge in [-0.2, -0.15) is 0 Å². The Bertz CT molecular complexity index is 728. The number of hydrogen-bond acceptors (Lipinski definition) is 4. The molecule has 2 atom stereocenters. The second kappa shape index (κ2) is 6.96. The number of aryl methyl sites for hydroxylation is 1. The molecule has 2 aromatic rings. The van der Waals surface area contributed by atoms with Crippen molar-refractivity contribution in [2.75, 3.05) is 19.6 Å². The number of nitrogens with zero attached hydrogens (tertiary/aromatic N) is 5. The molecule has 0 aliphatic carbocycles. The topological polar surface area (TPSA) is 54.3 Å². The lowest BCUT2D eigenvalue weighted by molar-refractivity contribution is 0.0170. The van der Waals surface area contributed by atoms with Gasteiger partial charge in [0, 0.05) is 32.7 Å². The number of aromatic nitrogens is 3. The number of hydrogen-bond donors (Lipinski definition) is 0. The largest absolute Gasteiger partial charge is 0.337 e. The maximum Gasteiger partial charge on any atom is 0.273 e. The van der Waals surface area contributed by atoms with E-state index in [0.29, 0.717) is 17.7 Å². The molecule has 6 heteroatoms. The molecule has 4 rings (SSSR count). The average molecular weight is 339 g/mol. The van der Waals surface area contributed by atoms with Crippen LogP contribution < -0.4 is 0 Å². The first-order valence-electron chi connectivity index (χ1n) is 9.14. The van der Waals surface area contributed by atoms with Gasteiger partial charge in [-0.1, -0.05) is 35.5 Å². The molecule has 0 unspecified atom stereocenters. The Morgan fingerprint density at radius 3 is 2.80 bits per heavy atom. The summed E-state index contributed by atoms with van der Waals surface area (Å²) in [5.74, 6) is 0.627. The summed E-state index contributed by atoms with van der Waals surface area (Å²) in [7, 11) is 1.77. The third-order valence-electron chi connectivity index (χ3n) is 5.63. The van der Waals surface area contributed by atoms with E-state index < -0.39 is 0 Å². The monoisotopic (exact) mass is 339 g/mol. The fourth-order valence-corrected chi connectivity index (χ4v) is 4.35. The molecule has 1 aromatic heterocycles. The van der Waals surface area contributed by atoms with Crippen LogP contribution >= 0.6 is 0 Å². The van der Waals surface area contributed by atoms with Crippen LogP contribution in [0.5, 0.6) is 0 Å². The zero-order chi connectivity index (χ0) is 17.2. The Labute approximate surface area is 148 Å². The summed E-state index contributed by atoms with van der Waals surface area (Å²) in [6.07, 6.45) is 5.04. The van der Waals surface area contributed by atoms with Gasteiger partial charge in [0.1, 0.15) is 5.69 Å². The number of carbonyl (C=O) groups is 1.